The molecule has 22 nitrogen and oxygen atoms in total. The molecule has 10 aromatic carbocycles. The van der Waals surface area contributed by atoms with E-state index in [0.29, 0.717) is 205 Å². The van der Waals surface area contributed by atoms with Crippen molar-refractivity contribution >= 4 is 130 Å². The second kappa shape index (κ2) is 54.6. The smallest absolute Gasteiger partial charge is 0.373 e. The quantitative estimate of drug-likeness (QED) is 0.00986. The maximum absolute atomic E-state index is 14.1. The fourth-order valence-electron chi connectivity index (χ4n) is 16.6. The Balaban J connectivity index is 0.000000189. The normalized spacial score (nSPS) is 12.1. The first-order valence-electron chi connectivity index (χ1n) is 47.8. The number of benzene rings is 10. The molecular formula is C111H129B3Cl4N8O14. The number of carbonyl (C=O) groups is 3. The Kier molecular flexibility index (Phi) is 43.1. The van der Waals surface area contributed by atoms with Crippen molar-refractivity contribution in [3.8, 4) is 0 Å². The summed E-state index contributed by atoms with van der Waals surface area (Å²) >= 11 is 24.8. The molecule has 734 valence electrons. The van der Waals surface area contributed by atoms with Gasteiger partial charge in [0.2, 0.25) is 0 Å². The van der Waals surface area contributed by atoms with E-state index in [4.69, 9.17) is 80.6 Å². The lowest BCUT2D eigenvalue weighted by Crippen LogP contribution is -2.41. The fraction of sp³-hybridized carbons (Fsp3) is 0.324. The molecule has 11 N–H and O–H groups in total. The summed E-state index contributed by atoms with van der Waals surface area (Å²) in [6.45, 7) is 29.1. The molecule has 4 heterocycles. The van der Waals surface area contributed by atoms with Crippen LogP contribution < -0.4 is 54.2 Å². The first kappa shape index (κ1) is 111. The van der Waals surface area contributed by atoms with Gasteiger partial charge in [-0.05, 0) is 205 Å². The molecule has 0 bridgehead atoms. The molecule has 0 aliphatic carbocycles. The highest BCUT2D eigenvalue weighted by Crippen LogP contribution is 2.39. The molecule has 0 saturated carbocycles. The van der Waals surface area contributed by atoms with Crippen LogP contribution in [0, 0.1) is 37.5 Å². The predicted octanol–water partition coefficient (Wildman–Crippen LogP) is 21.2. The average Bonchev–Trinajstić information content (AvgIpc) is 0.678. The van der Waals surface area contributed by atoms with E-state index >= 15 is 0 Å². The molecule has 0 saturated heterocycles. The van der Waals surface area contributed by atoms with Gasteiger partial charge in [0.1, 0.15) is 51.7 Å². The number of hydrogen-bond acceptors (Lipinski definition) is 20. The molecule has 0 aliphatic heterocycles. The number of hydrogen-bond donors (Lipinski definition) is 9. The number of amides is 2. The lowest BCUT2D eigenvalue weighted by molar-refractivity contribution is -0.107. The van der Waals surface area contributed by atoms with Gasteiger partial charge < -0.3 is 79.8 Å². The maximum Gasteiger partial charge on any atom is 0.373 e. The minimum Gasteiger partial charge on any atom is -0.459 e. The zero-order valence-electron chi connectivity index (χ0n) is 82.0. The standard InChI is InChI=1S/C32H36BClN2O4.C31H33ClN2O3.C24H30BClN2O3.C20H20ClNO2.C4H10BNO2/c1-21(2)29(36(18-8-17-35-33(4)39)32(38)24-13-11-22(3)12-14-24)31-27(19-23-9-6-5-7-10-23)30(37)26-16-15-25(34)20-28(26)40-31;1-20(2)28(34(17-7-16-33)31(36)23-12-10-21(3)11-13-23)30-26(18-22-8-5-4-6-9-22)29(35)25-15-14-24(32)19-27(25)37-30;1-16(2)22(27-12-7-13-28-25(3)30)24-20(14-17-8-5-4-6-9-17)23(29)19-11-10-18(26)15-21(19)31-24;1-12(2)18(22)20-16(10-13-6-4-3-5-7-13)19(23)15-9-8-14(21)11-17(15)24-20;1-5(8)6-3-2-4-7/h5-7,9-16,20-21,29,35,39H,8,17-19H2,1-4H3;4-6,8-15,19-20,28H,7,16-18,33H2,1-3H3;4-6,8-11,15-16,22,27-28,30H,7,12-14H2,1-3H3;3-9,11-12,18H,10,22H2,1-2H3;4,6,8H,2-3H2,1H3. The van der Waals surface area contributed by atoms with Crippen LogP contribution in [0.15, 0.2) is 280 Å². The van der Waals surface area contributed by atoms with Gasteiger partial charge in [0.25, 0.3) is 11.8 Å². The van der Waals surface area contributed by atoms with E-state index in [9.17, 15) is 43.6 Å². The van der Waals surface area contributed by atoms with Gasteiger partial charge in [-0.25, -0.2) is 0 Å². The number of nitrogens with one attached hydrogen (secondary N) is 4. The van der Waals surface area contributed by atoms with Crippen LogP contribution in [0.5, 0.6) is 0 Å². The molecule has 140 heavy (non-hydrogen) atoms. The lowest BCUT2D eigenvalue weighted by Gasteiger charge is -2.35. The minimum absolute atomic E-state index is 0.0139. The third-order valence-electron chi connectivity index (χ3n) is 23.9. The highest BCUT2D eigenvalue weighted by molar-refractivity contribution is 6.46. The SMILES string of the molecule is CB(O)NCCC=O.CB(O)NCCCN(C(=O)c1ccc(C)cc1)C(c1oc2cc(Cl)ccc2c(=O)c1Cc1ccccc1)C(C)C.CB(O)NCCCNC(c1oc2cc(Cl)ccc2c(=O)c1Cc1ccccc1)C(C)C.CC(C)C(N)c1oc2cc(Cl)ccc2c(=O)c1Cc1ccccc1.Cc1ccc(C(=O)N(CCCN)C(c2oc3cc(Cl)ccc3c(=O)c2Cc2ccccc2)C(C)C)cc1. The number of rotatable bonds is 38. The largest absolute Gasteiger partial charge is 0.459 e. The summed E-state index contributed by atoms with van der Waals surface area (Å²) in [6.07, 6.45) is 5.11. The van der Waals surface area contributed by atoms with E-state index in [-0.39, 0.29) is 69.3 Å². The van der Waals surface area contributed by atoms with Crippen LogP contribution in [0.3, 0.4) is 0 Å². The predicted molar refractivity (Wildman–Crippen MR) is 573 cm³/mol. The molecule has 4 unspecified atom stereocenters. The minimum atomic E-state index is -0.650. The molecule has 4 atom stereocenters. The topological polar surface area (TPSA) is 339 Å². The molecule has 0 aliphatic rings. The van der Waals surface area contributed by atoms with Crippen molar-refractivity contribution in [2.45, 2.75) is 165 Å². The second-order valence-electron chi connectivity index (χ2n) is 36.6. The van der Waals surface area contributed by atoms with Crippen LogP contribution >= 0.6 is 46.4 Å². The summed E-state index contributed by atoms with van der Waals surface area (Å²) in [5.74, 6) is 2.17. The highest BCUT2D eigenvalue weighted by Gasteiger charge is 2.37. The fourth-order valence-corrected chi connectivity index (χ4v) is 17.2. The average molecular weight is 1970 g/mol. The van der Waals surface area contributed by atoms with E-state index in [1.807, 2.05) is 235 Å². The zero-order chi connectivity index (χ0) is 101. The molecular weight excluding hydrogens is 1840 g/mol. The number of carbonyl (C=O) groups excluding carboxylic acids is 3. The number of nitrogens with zero attached hydrogens (tertiary/aromatic N) is 2. The summed E-state index contributed by atoms with van der Waals surface area (Å²) < 4.78 is 25.4. The van der Waals surface area contributed by atoms with Crippen molar-refractivity contribution < 1.29 is 47.1 Å². The Morgan fingerprint density at radius 3 is 0.993 bits per heavy atom. The van der Waals surface area contributed by atoms with Crippen LogP contribution in [-0.4, -0.2) is 110 Å². The van der Waals surface area contributed by atoms with Crippen LogP contribution in [0.4, 0.5) is 0 Å². The van der Waals surface area contributed by atoms with Crippen molar-refractivity contribution in [1.82, 2.24) is 30.8 Å². The van der Waals surface area contributed by atoms with E-state index in [0.717, 1.165) is 52.6 Å². The number of aldehydes is 1. The van der Waals surface area contributed by atoms with E-state index in [1.165, 1.54) is 0 Å². The molecule has 4 aromatic heterocycles. The van der Waals surface area contributed by atoms with E-state index in [2.05, 4.69) is 34.8 Å². The van der Waals surface area contributed by atoms with Crippen LogP contribution in [0.2, 0.25) is 40.6 Å². The molecule has 14 rings (SSSR count). The van der Waals surface area contributed by atoms with Gasteiger partial charge in [-0.15, -0.1) is 0 Å². The molecule has 29 heteroatoms. The van der Waals surface area contributed by atoms with Crippen molar-refractivity contribution in [3.05, 3.63) is 393 Å². The summed E-state index contributed by atoms with van der Waals surface area (Å²) in [5.41, 5.74) is 23.5. The van der Waals surface area contributed by atoms with Crippen LogP contribution in [0.25, 0.3) is 43.9 Å². The Bertz CT molecular complexity index is 6640. The first-order chi connectivity index (χ1) is 67.0. The Hall–Kier alpha value is -11.4. The van der Waals surface area contributed by atoms with Crippen molar-refractivity contribution in [3.63, 3.8) is 0 Å². The van der Waals surface area contributed by atoms with Gasteiger partial charge in [0, 0.05) is 123 Å². The molecule has 0 spiro atoms. The van der Waals surface area contributed by atoms with Crippen LogP contribution in [0.1, 0.15) is 205 Å². The third kappa shape index (κ3) is 31.3. The Labute approximate surface area is 841 Å². The maximum atomic E-state index is 14.1. The van der Waals surface area contributed by atoms with Gasteiger partial charge in [0.15, 0.2) is 21.7 Å². The number of fused-ring (bicyclic) bond motifs is 4. The van der Waals surface area contributed by atoms with Gasteiger partial charge in [-0.1, -0.05) is 259 Å². The Morgan fingerprint density at radius 1 is 0.386 bits per heavy atom. The zero-order valence-corrected chi connectivity index (χ0v) is 85.0. The summed E-state index contributed by atoms with van der Waals surface area (Å²) in [5, 5.41) is 43.9. The molecule has 0 fully saturated rings. The van der Waals surface area contributed by atoms with Gasteiger partial charge in [0.05, 0.1) is 45.7 Å². The summed E-state index contributed by atoms with van der Waals surface area (Å²) in [6, 6.07) is 73.4. The monoisotopic (exact) mass is 1970 g/mol. The molecule has 2 amide bonds. The highest BCUT2D eigenvalue weighted by atomic mass is 35.5. The first-order valence-corrected chi connectivity index (χ1v) is 49.4. The van der Waals surface area contributed by atoms with E-state index < -0.39 is 33.2 Å². The number of halogens is 4. The van der Waals surface area contributed by atoms with Crippen molar-refractivity contribution in [1.29, 1.82) is 0 Å². The Morgan fingerprint density at radius 2 is 0.686 bits per heavy atom. The van der Waals surface area contributed by atoms with Crippen molar-refractivity contribution in [2.24, 2.45) is 35.1 Å². The van der Waals surface area contributed by atoms with E-state index in [1.54, 1.807) is 93.3 Å². The van der Waals surface area contributed by atoms with Gasteiger partial charge >= 0.3 is 21.2 Å². The second-order valence-corrected chi connectivity index (χ2v) is 38.3. The van der Waals surface area contributed by atoms with Crippen LogP contribution in [-0.2, 0) is 30.5 Å². The third-order valence-corrected chi connectivity index (χ3v) is 24.8. The van der Waals surface area contributed by atoms with Gasteiger partial charge in [-0.3, -0.25) is 28.8 Å². The lowest BCUT2D eigenvalue weighted by atomic mass is 9.89. The van der Waals surface area contributed by atoms with Gasteiger partial charge in [-0.2, -0.15) is 0 Å². The summed E-state index contributed by atoms with van der Waals surface area (Å²) in [4.78, 5) is 95.6. The summed E-state index contributed by atoms with van der Waals surface area (Å²) in [7, 11) is -1.68. The van der Waals surface area contributed by atoms with Crippen molar-refractivity contribution in [2.75, 3.05) is 45.8 Å². The molecule has 14 aromatic rings. The number of aryl methyl sites for hydroxylation is 2. The molecule has 0 radical (unpaired) electrons. The number of nitrogens with two attached hydrogens (primary N) is 2.